The number of para-hydroxylation sites is 1. The van der Waals surface area contributed by atoms with Crippen molar-refractivity contribution in [2.75, 3.05) is 6.54 Å². The van der Waals surface area contributed by atoms with E-state index in [0.717, 1.165) is 17.7 Å². The second kappa shape index (κ2) is 18.3. The first-order valence-electron chi connectivity index (χ1n) is 21.9. The summed E-state index contributed by atoms with van der Waals surface area (Å²) in [5.41, 5.74) is -0.712. The standard InChI is InChI=1S/C47H58N6O10S/c1-8-10-11-12-13-17-35(53(45(57)58)46(5,6)7)43(55)52-27-32(25-36(52)41(54)50-47(26-30(47)9-2)44(56)51-64(59,60)33-23-24-33)62-42-39-38(34-16-14-15-18-37(34)63-39)48-40(49-42)29-19-21-31(22-20-29)61-28(3)4/h8-9,14-16,18-22,28,30,32-33,35-36H,1-2,10-13,17,23-27H2,3-7H3,(H,50,54)(H,51,56)(H,57,58)/t30-,32-,35+,36+,47-/m1/s1. The molecule has 7 rings (SSSR count). The Labute approximate surface area is 373 Å². The van der Waals surface area contributed by atoms with Crippen LogP contribution in [0.25, 0.3) is 33.5 Å². The molecule has 0 radical (unpaired) electrons. The minimum absolute atomic E-state index is 0.0309. The van der Waals surface area contributed by atoms with E-state index in [1.54, 1.807) is 32.9 Å². The van der Waals surface area contributed by atoms with Crippen LogP contribution in [0.2, 0.25) is 0 Å². The second-order valence-corrected chi connectivity index (χ2v) is 20.2. The maximum absolute atomic E-state index is 15.1. The zero-order valence-corrected chi connectivity index (χ0v) is 37.9. The summed E-state index contributed by atoms with van der Waals surface area (Å²) in [6.07, 6.45) is 4.90. The zero-order valence-electron chi connectivity index (χ0n) is 37.0. The number of likely N-dealkylation sites (tertiary alicyclic amines) is 1. The van der Waals surface area contributed by atoms with Gasteiger partial charge in [-0.1, -0.05) is 37.1 Å². The van der Waals surface area contributed by atoms with Crippen LogP contribution in [0.3, 0.4) is 0 Å². The number of carbonyl (C=O) groups is 4. The average molecular weight is 899 g/mol. The number of carbonyl (C=O) groups excluding carboxylic acids is 3. The highest BCUT2D eigenvalue weighted by Gasteiger charge is 2.62. The molecule has 1 aliphatic heterocycles. The molecule has 3 fully saturated rings. The summed E-state index contributed by atoms with van der Waals surface area (Å²) < 4.78 is 46.7. The molecule has 2 aliphatic carbocycles. The molecule has 2 aromatic carbocycles. The molecule has 0 spiro atoms. The van der Waals surface area contributed by atoms with Crippen LogP contribution < -0.4 is 19.5 Å². The lowest BCUT2D eigenvalue weighted by molar-refractivity contribution is -0.144. The largest absolute Gasteiger partial charge is 0.491 e. The third-order valence-corrected chi connectivity index (χ3v) is 13.8. The number of nitrogens with one attached hydrogen (secondary N) is 2. The summed E-state index contributed by atoms with van der Waals surface area (Å²) in [5, 5.41) is 13.4. The lowest BCUT2D eigenvalue weighted by Crippen LogP contribution is -2.60. The van der Waals surface area contributed by atoms with Crippen molar-refractivity contribution in [2.45, 2.75) is 133 Å². The summed E-state index contributed by atoms with van der Waals surface area (Å²) >= 11 is 0. The number of unbranched alkanes of at least 4 members (excludes halogenated alkanes) is 3. The van der Waals surface area contributed by atoms with Crippen LogP contribution in [-0.2, 0) is 24.4 Å². The molecule has 3 heterocycles. The fourth-order valence-electron chi connectivity index (χ4n) is 8.53. The molecule has 16 nitrogen and oxygen atoms in total. The number of allylic oxidation sites excluding steroid dienone is 1. The molecular formula is C47H58N6O10S. The number of benzene rings is 2. The maximum atomic E-state index is 15.1. The van der Waals surface area contributed by atoms with Crippen molar-refractivity contribution >= 4 is 55.9 Å². The first-order valence-corrected chi connectivity index (χ1v) is 23.5. The van der Waals surface area contributed by atoms with E-state index < -0.39 is 74.3 Å². The van der Waals surface area contributed by atoms with Crippen LogP contribution in [-0.4, -0.2) is 104 Å². The van der Waals surface area contributed by atoms with E-state index in [2.05, 4.69) is 23.2 Å². The number of furan rings is 1. The van der Waals surface area contributed by atoms with Crippen LogP contribution >= 0.6 is 0 Å². The number of sulfonamides is 1. The molecule has 2 saturated carbocycles. The Kier molecular flexibility index (Phi) is 13.1. The van der Waals surface area contributed by atoms with Gasteiger partial charge in [0.25, 0.3) is 11.8 Å². The van der Waals surface area contributed by atoms with Crippen LogP contribution in [0.1, 0.15) is 92.4 Å². The van der Waals surface area contributed by atoms with Gasteiger partial charge >= 0.3 is 6.09 Å². The van der Waals surface area contributed by atoms with Gasteiger partial charge in [-0.05, 0) is 110 Å². The van der Waals surface area contributed by atoms with Gasteiger partial charge in [0, 0.05) is 28.8 Å². The van der Waals surface area contributed by atoms with Crippen LogP contribution in [0.4, 0.5) is 4.79 Å². The van der Waals surface area contributed by atoms with Crippen molar-refractivity contribution in [3.8, 4) is 23.0 Å². The molecule has 17 heteroatoms. The van der Waals surface area contributed by atoms with Crippen molar-refractivity contribution in [3.05, 3.63) is 73.8 Å². The molecular weight excluding hydrogens is 841 g/mol. The Morgan fingerprint density at radius 3 is 2.39 bits per heavy atom. The molecule has 0 bridgehead atoms. The van der Waals surface area contributed by atoms with Crippen LogP contribution in [0, 0.1) is 5.92 Å². The van der Waals surface area contributed by atoms with E-state index >= 15 is 4.79 Å². The van der Waals surface area contributed by atoms with E-state index in [9.17, 15) is 27.9 Å². The highest BCUT2D eigenvalue weighted by Crippen LogP contribution is 2.46. The Balaban J connectivity index is 1.26. The highest BCUT2D eigenvalue weighted by atomic mass is 32.2. The fourth-order valence-corrected chi connectivity index (χ4v) is 9.89. The van der Waals surface area contributed by atoms with E-state index in [4.69, 9.17) is 23.9 Å². The normalized spacial score (nSPS) is 21.3. The van der Waals surface area contributed by atoms with Gasteiger partial charge in [0.05, 0.1) is 17.9 Å². The van der Waals surface area contributed by atoms with Gasteiger partial charge in [-0.15, -0.1) is 13.2 Å². The molecule has 1 saturated heterocycles. The zero-order chi connectivity index (χ0) is 46.1. The van der Waals surface area contributed by atoms with E-state index in [-0.39, 0.29) is 43.4 Å². The smallest absolute Gasteiger partial charge is 0.408 e. The van der Waals surface area contributed by atoms with Gasteiger partial charge in [0.15, 0.2) is 5.82 Å². The van der Waals surface area contributed by atoms with Crippen molar-refractivity contribution in [3.63, 3.8) is 0 Å². The van der Waals surface area contributed by atoms with E-state index in [0.29, 0.717) is 59.3 Å². The summed E-state index contributed by atoms with van der Waals surface area (Å²) in [7, 11) is -3.96. The number of nitrogens with zero attached hydrogens (tertiary/aromatic N) is 4. The molecule has 2 aromatic heterocycles. The first-order chi connectivity index (χ1) is 30.4. The van der Waals surface area contributed by atoms with Gasteiger partial charge in [0.1, 0.15) is 40.6 Å². The molecule has 4 aromatic rings. The third kappa shape index (κ3) is 9.73. The highest BCUT2D eigenvalue weighted by molar-refractivity contribution is 7.91. The van der Waals surface area contributed by atoms with Gasteiger partial charge in [0.2, 0.25) is 27.4 Å². The lowest BCUT2D eigenvalue weighted by atomic mass is 9.98. The van der Waals surface area contributed by atoms with Gasteiger partial charge in [-0.25, -0.2) is 18.2 Å². The third-order valence-electron chi connectivity index (χ3n) is 12.0. The maximum Gasteiger partial charge on any atom is 0.408 e. The van der Waals surface area contributed by atoms with E-state index in [1.807, 2.05) is 56.3 Å². The Morgan fingerprint density at radius 1 is 1.05 bits per heavy atom. The Bertz CT molecular complexity index is 2550. The summed E-state index contributed by atoms with van der Waals surface area (Å²) in [4.78, 5) is 68.7. The average Bonchev–Trinajstić information content (AvgIpc) is 4.14. The van der Waals surface area contributed by atoms with E-state index in [1.165, 1.54) is 11.0 Å². The second-order valence-electron chi connectivity index (χ2n) is 18.2. The SMILES string of the molecule is C=CCCCCC[C@@H](C(=O)N1C[C@H](Oc2nc(-c3ccc(OC(C)C)cc3)nc3c2oc2ccccc23)C[C@H]1C(=O)N[C@]1(C(=O)NS(=O)(=O)C2CC2)C[C@H]1C=C)N(C(=O)O)C(C)(C)C. The molecule has 4 amide bonds. The summed E-state index contributed by atoms with van der Waals surface area (Å²) in [6.45, 7) is 16.4. The number of hydrogen-bond acceptors (Lipinski definition) is 11. The minimum atomic E-state index is -3.96. The van der Waals surface area contributed by atoms with Crippen molar-refractivity contribution in [1.29, 1.82) is 0 Å². The number of aromatic nitrogens is 2. The predicted octanol–water partition coefficient (Wildman–Crippen LogP) is 7.13. The van der Waals surface area contributed by atoms with Crippen LogP contribution in [0.5, 0.6) is 11.6 Å². The Hall–Kier alpha value is -5.97. The van der Waals surface area contributed by atoms with Gasteiger partial charge < -0.3 is 29.2 Å². The lowest BCUT2D eigenvalue weighted by Gasteiger charge is -2.41. The summed E-state index contributed by atoms with van der Waals surface area (Å²) in [5.74, 6) is -1.75. The summed E-state index contributed by atoms with van der Waals surface area (Å²) in [6, 6.07) is 12.2. The number of amides is 4. The fraction of sp³-hybridized carbons (Fsp3) is 0.489. The van der Waals surface area contributed by atoms with Crippen molar-refractivity contribution < 1.29 is 46.6 Å². The molecule has 3 aliphatic rings. The number of carboxylic acid groups (broad SMARTS) is 1. The molecule has 3 N–H and O–H groups in total. The predicted molar refractivity (Wildman–Crippen MR) is 241 cm³/mol. The first kappa shape index (κ1) is 46.0. The Morgan fingerprint density at radius 2 is 1.77 bits per heavy atom. The monoisotopic (exact) mass is 898 g/mol. The minimum Gasteiger partial charge on any atom is -0.491 e. The molecule has 5 atom stereocenters. The molecule has 64 heavy (non-hydrogen) atoms. The van der Waals surface area contributed by atoms with Crippen molar-refractivity contribution in [2.24, 2.45) is 5.92 Å². The molecule has 342 valence electrons. The number of ether oxygens (including phenoxy) is 2. The topological polar surface area (TPSA) is 211 Å². The van der Waals surface area contributed by atoms with Crippen molar-refractivity contribution in [1.82, 2.24) is 29.8 Å². The number of hydrogen-bond donors (Lipinski definition) is 3. The molecule has 0 unspecified atom stereocenters. The van der Waals surface area contributed by atoms with Crippen LogP contribution in [0.15, 0.2) is 78.3 Å². The van der Waals surface area contributed by atoms with Gasteiger partial charge in [-0.3, -0.25) is 24.0 Å². The van der Waals surface area contributed by atoms with Gasteiger partial charge in [-0.2, -0.15) is 4.98 Å². The number of fused-ring (bicyclic) bond motifs is 3. The quantitative estimate of drug-likeness (QED) is 0.0634. The number of rotatable bonds is 19.